The van der Waals surface area contributed by atoms with E-state index in [1.165, 1.54) is 0 Å². The molecule has 1 aromatic heterocycles. The van der Waals surface area contributed by atoms with Gasteiger partial charge in [-0.3, -0.25) is 0 Å². The first-order chi connectivity index (χ1) is 7.20. The normalized spacial score (nSPS) is 15.2. The molecule has 2 atom stereocenters. The van der Waals surface area contributed by atoms with Crippen LogP contribution in [0.1, 0.15) is 38.2 Å². The van der Waals surface area contributed by atoms with Gasteiger partial charge in [-0.15, -0.1) is 5.10 Å². The number of hydrogen-bond donors (Lipinski definition) is 1. The van der Waals surface area contributed by atoms with Gasteiger partial charge in [0, 0.05) is 0 Å². The van der Waals surface area contributed by atoms with E-state index in [1.54, 1.807) is 0 Å². The number of nitrogens with zero attached hydrogens (tertiary/aromatic N) is 4. The third-order valence-corrected chi connectivity index (χ3v) is 3.14. The molecule has 0 aliphatic heterocycles. The average Bonchev–Trinajstić information content (AvgIpc) is 2.73. The van der Waals surface area contributed by atoms with E-state index in [2.05, 4.69) is 40.9 Å². The van der Waals surface area contributed by atoms with E-state index in [-0.39, 0.29) is 6.04 Å². The van der Waals surface area contributed by atoms with Gasteiger partial charge < -0.3 is 5.32 Å². The molecule has 0 spiro atoms. The second-order valence-corrected chi connectivity index (χ2v) is 4.61. The van der Waals surface area contributed by atoms with Gasteiger partial charge in [0.05, 0.1) is 12.1 Å². The number of thioether (sulfide) groups is 1. The summed E-state index contributed by atoms with van der Waals surface area (Å²) in [5, 5.41) is 15.0. The summed E-state index contributed by atoms with van der Waals surface area (Å²) in [5.74, 6) is 2.04. The van der Waals surface area contributed by atoms with Gasteiger partial charge in [-0.2, -0.15) is 11.8 Å². The van der Waals surface area contributed by atoms with Crippen LogP contribution in [0.4, 0.5) is 0 Å². The van der Waals surface area contributed by atoms with Gasteiger partial charge in [0.2, 0.25) is 0 Å². The third-order valence-electron chi connectivity index (χ3n) is 2.50. The first kappa shape index (κ1) is 12.4. The van der Waals surface area contributed by atoms with Gasteiger partial charge in [0.15, 0.2) is 5.82 Å². The molecule has 1 N–H and O–H groups in total. The van der Waals surface area contributed by atoms with Crippen molar-refractivity contribution in [1.82, 2.24) is 25.5 Å². The highest BCUT2D eigenvalue weighted by Crippen LogP contribution is 2.16. The van der Waals surface area contributed by atoms with Crippen LogP contribution in [-0.2, 0) is 0 Å². The predicted molar refractivity (Wildman–Crippen MR) is 63.0 cm³/mol. The lowest BCUT2D eigenvalue weighted by Crippen LogP contribution is -2.20. The average molecular weight is 229 g/mol. The highest BCUT2D eigenvalue weighted by molar-refractivity contribution is 7.98. The van der Waals surface area contributed by atoms with E-state index < -0.39 is 0 Å². The number of nitrogens with one attached hydrogen (secondary N) is 1. The highest BCUT2D eigenvalue weighted by atomic mass is 32.2. The maximum Gasteiger partial charge on any atom is 0.168 e. The molecule has 6 heteroatoms. The van der Waals surface area contributed by atoms with E-state index >= 15 is 0 Å². The van der Waals surface area contributed by atoms with Gasteiger partial charge in [0.1, 0.15) is 0 Å². The van der Waals surface area contributed by atoms with Crippen molar-refractivity contribution >= 4 is 11.8 Å². The molecule has 0 bridgehead atoms. The molecule has 0 aromatic carbocycles. The molecule has 86 valence electrons. The van der Waals surface area contributed by atoms with Gasteiger partial charge in [-0.05, 0) is 49.8 Å². The molecule has 15 heavy (non-hydrogen) atoms. The molecule has 0 saturated heterocycles. The summed E-state index contributed by atoms with van der Waals surface area (Å²) in [7, 11) is 1.91. The van der Waals surface area contributed by atoms with Crippen LogP contribution in [0.25, 0.3) is 0 Å². The fraction of sp³-hybridized carbons (Fsp3) is 0.889. The summed E-state index contributed by atoms with van der Waals surface area (Å²) in [5.41, 5.74) is 0. The SMILES string of the molecule is CNC(C)c1nnnn1C(C)CCSC. The Morgan fingerprint density at radius 2 is 2.20 bits per heavy atom. The Balaban J connectivity index is 2.71. The van der Waals surface area contributed by atoms with Crippen LogP contribution in [-0.4, -0.2) is 39.3 Å². The van der Waals surface area contributed by atoms with E-state index in [9.17, 15) is 0 Å². The van der Waals surface area contributed by atoms with Gasteiger partial charge in [-0.25, -0.2) is 4.68 Å². The summed E-state index contributed by atoms with van der Waals surface area (Å²) in [6.07, 6.45) is 3.21. The van der Waals surface area contributed by atoms with Crippen LogP contribution in [0.5, 0.6) is 0 Å². The molecule has 0 aliphatic rings. The number of aromatic nitrogens is 4. The first-order valence-corrected chi connectivity index (χ1v) is 6.54. The second kappa shape index (κ2) is 6.07. The Labute approximate surface area is 95.0 Å². The zero-order valence-electron chi connectivity index (χ0n) is 9.77. The lowest BCUT2D eigenvalue weighted by molar-refractivity contribution is 0.428. The van der Waals surface area contributed by atoms with Crippen molar-refractivity contribution in [1.29, 1.82) is 0 Å². The molecule has 0 saturated carbocycles. The van der Waals surface area contributed by atoms with E-state index in [4.69, 9.17) is 0 Å². The molecule has 1 aromatic rings. The predicted octanol–water partition coefficient (Wildman–Crippen LogP) is 1.27. The van der Waals surface area contributed by atoms with Crippen molar-refractivity contribution in [3.8, 4) is 0 Å². The fourth-order valence-electron chi connectivity index (χ4n) is 1.34. The van der Waals surface area contributed by atoms with E-state index in [1.807, 2.05) is 23.5 Å². The molecule has 0 aliphatic carbocycles. The summed E-state index contributed by atoms with van der Waals surface area (Å²) >= 11 is 1.85. The molecule has 2 unspecified atom stereocenters. The zero-order valence-corrected chi connectivity index (χ0v) is 10.6. The topological polar surface area (TPSA) is 55.6 Å². The van der Waals surface area contributed by atoms with Crippen molar-refractivity contribution in [2.24, 2.45) is 0 Å². The van der Waals surface area contributed by atoms with Crippen LogP contribution in [0, 0.1) is 0 Å². The van der Waals surface area contributed by atoms with Crippen molar-refractivity contribution < 1.29 is 0 Å². The molecular formula is C9H19N5S. The van der Waals surface area contributed by atoms with Crippen molar-refractivity contribution in [2.75, 3.05) is 19.1 Å². The van der Waals surface area contributed by atoms with Crippen molar-refractivity contribution in [3.63, 3.8) is 0 Å². The monoisotopic (exact) mass is 229 g/mol. The number of rotatable bonds is 6. The van der Waals surface area contributed by atoms with Crippen LogP contribution < -0.4 is 5.32 Å². The Morgan fingerprint density at radius 1 is 1.47 bits per heavy atom. The molecule has 1 rings (SSSR count). The van der Waals surface area contributed by atoms with Crippen LogP contribution in [0.2, 0.25) is 0 Å². The standard InChI is InChI=1S/C9H19N5S/c1-7(5-6-15-4)14-9(8(2)10-3)11-12-13-14/h7-8,10H,5-6H2,1-4H3. The Bertz CT molecular complexity index is 288. The van der Waals surface area contributed by atoms with Crippen molar-refractivity contribution in [2.45, 2.75) is 32.4 Å². The summed E-state index contributed by atoms with van der Waals surface area (Å²) in [6, 6.07) is 0.551. The lowest BCUT2D eigenvalue weighted by atomic mass is 10.2. The molecule has 0 radical (unpaired) electrons. The van der Waals surface area contributed by atoms with Crippen LogP contribution in [0.15, 0.2) is 0 Å². The van der Waals surface area contributed by atoms with E-state index in [0.29, 0.717) is 6.04 Å². The Kier molecular flexibility index (Phi) is 5.04. The largest absolute Gasteiger partial charge is 0.311 e. The van der Waals surface area contributed by atoms with Gasteiger partial charge >= 0.3 is 0 Å². The van der Waals surface area contributed by atoms with Gasteiger partial charge in [0.25, 0.3) is 0 Å². The molecule has 0 amide bonds. The van der Waals surface area contributed by atoms with E-state index in [0.717, 1.165) is 18.0 Å². The molecule has 1 heterocycles. The first-order valence-electron chi connectivity index (χ1n) is 5.14. The second-order valence-electron chi connectivity index (χ2n) is 3.62. The molecule has 5 nitrogen and oxygen atoms in total. The number of hydrogen-bond acceptors (Lipinski definition) is 5. The molecule has 0 fully saturated rings. The van der Waals surface area contributed by atoms with Crippen molar-refractivity contribution in [3.05, 3.63) is 5.82 Å². The Morgan fingerprint density at radius 3 is 2.80 bits per heavy atom. The minimum atomic E-state index is 0.191. The lowest BCUT2D eigenvalue weighted by Gasteiger charge is -2.15. The van der Waals surface area contributed by atoms with Crippen LogP contribution in [0.3, 0.4) is 0 Å². The third kappa shape index (κ3) is 3.17. The quantitative estimate of drug-likeness (QED) is 0.796. The minimum Gasteiger partial charge on any atom is -0.311 e. The molecular weight excluding hydrogens is 210 g/mol. The van der Waals surface area contributed by atoms with Gasteiger partial charge in [-0.1, -0.05) is 0 Å². The fourth-order valence-corrected chi connectivity index (χ4v) is 1.92. The van der Waals surface area contributed by atoms with Crippen LogP contribution >= 0.6 is 11.8 Å². The summed E-state index contributed by atoms with van der Waals surface area (Å²) in [6.45, 7) is 4.21. The summed E-state index contributed by atoms with van der Waals surface area (Å²) in [4.78, 5) is 0. The summed E-state index contributed by atoms with van der Waals surface area (Å²) < 4.78 is 1.91. The smallest absolute Gasteiger partial charge is 0.168 e. The number of tetrazole rings is 1. The maximum absolute atomic E-state index is 4.05. The Hall–Kier alpha value is -0.620. The maximum atomic E-state index is 4.05. The zero-order chi connectivity index (χ0) is 11.3. The minimum absolute atomic E-state index is 0.191. The highest BCUT2D eigenvalue weighted by Gasteiger charge is 2.16.